The number of carbonyl (C=O) groups is 1. The Balaban J connectivity index is 1.96. The average molecular weight is 322 g/mol. The lowest BCUT2D eigenvalue weighted by Gasteiger charge is -2.09. The van der Waals surface area contributed by atoms with Crippen molar-refractivity contribution in [2.45, 2.75) is 6.18 Å². The van der Waals surface area contributed by atoms with Gasteiger partial charge in [0, 0.05) is 11.1 Å². The minimum Gasteiger partial charge on any atom is -0.321 e. The maximum atomic E-state index is 12.8. The third-order valence-electron chi connectivity index (χ3n) is 3.08. The number of alkyl halides is 3. The van der Waals surface area contributed by atoms with Crippen molar-refractivity contribution < 1.29 is 18.0 Å². The first-order valence-electron chi connectivity index (χ1n) is 6.26. The number of nitrogens with one attached hydrogen (secondary N) is 1. The van der Waals surface area contributed by atoms with E-state index in [4.69, 9.17) is 0 Å². The predicted octanol–water partition coefficient (Wildman–Crippen LogP) is 4.57. The van der Waals surface area contributed by atoms with Crippen molar-refractivity contribution in [3.05, 3.63) is 58.5 Å². The molecule has 3 nitrogen and oxygen atoms in total. The fraction of sp³-hybridized carbons (Fsp3) is 0.0667. The van der Waals surface area contributed by atoms with Crippen LogP contribution in [0.4, 0.5) is 18.9 Å². The fourth-order valence-corrected chi connectivity index (χ4v) is 2.82. The number of fused-ring (bicyclic) bond motifs is 1. The summed E-state index contributed by atoms with van der Waals surface area (Å²) in [5.74, 6) is -0.814. The van der Waals surface area contributed by atoms with Crippen molar-refractivity contribution in [1.29, 1.82) is 0 Å². The zero-order valence-corrected chi connectivity index (χ0v) is 11.8. The third-order valence-corrected chi connectivity index (χ3v) is 3.91. The summed E-state index contributed by atoms with van der Waals surface area (Å²) in [4.78, 5) is 14.9. The van der Waals surface area contributed by atoms with Gasteiger partial charge in [0.05, 0.1) is 5.51 Å². The quantitative estimate of drug-likeness (QED) is 0.751. The summed E-state index contributed by atoms with van der Waals surface area (Å²) in [7, 11) is 0. The fourth-order valence-electron chi connectivity index (χ4n) is 2.12. The van der Waals surface area contributed by atoms with Gasteiger partial charge in [-0.25, -0.2) is 4.98 Å². The molecular weight excluding hydrogens is 313 g/mol. The number of amides is 1. The third kappa shape index (κ3) is 2.67. The predicted molar refractivity (Wildman–Crippen MR) is 79.0 cm³/mol. The van der Waals surface area contributed by atoms with Gasteiger partial charge in [-0.1, -0.05) is 36.4 Å². The SMILES string of the molecule is O=C(Nc1cccc2ccccc12)c1scnc1C(F)(F)F. The summed E-state index contributed by atoms with van der Waals surface area (Å²) in [5.41, 5.74) is 0.320. The summed E-state index contributed by atoms with van der Waals surface area (Å²) >= 11 is 0.666. The Morgan fingerprint density at radius 2 is 1.82 bits per heavy atom. The molecule has 0 unspecified atom stereocenters. The van der Waals surface area contributed by atoms with E-state index in [2.05, 4.69) is 10.3 Å². The van der Waals surface area contributed by atoms with Gasteiger partial charge in [0.2, 0.25) is 0 Å². The van der Waals surface area contributed by atoms with Crippen molar-refractivity contribution in [3.8, 4) is 0 Å². The van der Waals surface area contributed by atoms with Gasteiger partial charge in [0.25, 0.3) is 5.91 Å². The standard InChI is InChI=1S/C15H9F3N2OS/c16-15(17,18)13-12(22-8-19-13)14(21)20-11-7-3-5-9-4-1-2-6-10(9)11/h1-8H,(H,20,21). The molecule has 0 fully saturated rings. The Morgan fingerprint density at radius 3 is 2.59 bits per heavy atom. The molecule has 0 aliphatic rings. The zero-order valence-electron chi connectivity index (χ0n) is 11.0. The van der Waals surface area contributed by atoms with Crippen LogP contribution in [0.5, 0.6) is 0 Å². The maximum absolute atomic E-state index is 12.8. The zero-order chi connectivity index (χ0) is 15.7. The van der Waals surface area contributed by atoms with E-state index >= 15 is 0 Å². The van der Waals surface area contributed by atoms with Gasteiger partial charge < -0.3 is 5.32 Å². The molecule has 22 heavy (non-hydrogen) atoms. The first-order chi connectivity index (χ1) is 10.5. The van der Waals surface area contributed by atoms with Crippen LogP contribution >= 0.6 is 11.3 Å². The van der Waals surface area contributed by atoms with Crippen molar-refractivity contribution >= 4 is 33.7 Å². The Bertz CT molecular complexity index is 837. The van der Waals surface area contributed by atoms with Crippen LogP contribution < -0.4 is 5.32 Å². The number of hydrogen-bond donors (Lipinski definition) is 1. The molecule has 0 aliphatic heterocycles. The average Bonchev–Trinajstić information content (AvgIpc) is 2.97. The van der Waals surface area contributed by atoms with Crippen molar-refractivity contribution in [3.63, 3.8) is 0 Å². The largest absolute Gasteiger partial charge is 0.434 e. The van der Waals surface area contributed by atoms with E-state index in [1.165, 1.54) is 0 Å². The van der Waals surface area contributed by atoms with Crippen LogP contribution in [0.15, 0.2) is 48.0 Å². The second kappa shape index (κ2) is 5.42. The number of aromatic nitrogens is 1. The minimum absolute atomic E-state index is 0.444. The summed E-state index contributed by atoms with van der Waals surface area (Å²) in [6.07, 6.45) is -4.65. The molecular formula is C15H9F3N2OS. The van der Waals surface area contributed by atoms with Crippen molar-refractivity contribution in [1.82, 2.24) is 4.98 Å². The van der Waals surface area contributed by atoms with Gasteiger partial charge in [-0.2, -0.15) is 13.2 Å². The lowest BCUT2D eigenvalue weighted by molar-refractivity contribution is -0.141. The summed E-state index contributed by atoms with van der Waals surface area (Å²) < 4.78 is 38.4. The lowest BCUT2D eigenvalue weighted by atomic mass is 10.1. The molecule has 0 atom stereocenters. The molecule has 0 radical (unpaired) electrons. The molecule has 7 heteroatoms. The van der Waals surface area contributed by atoms with Gasteiger partial charge in [-0.3, -0.25) is 4.79 Å². The van der Waals surface area contributed by atoms with Crippen LogP contribution in [0.3, 0.4) is 0 Å². The van der Waals surface area contributed by atoms with Crippen LogP contribution in [0, 0.1) is 0 Å². The van der Waals surface area contributed by atoms with E-state index in [9.17, 15) is 18.0 Å². The van der Waals surface area contributed by atoms with Gasteiger partial charge in [0.15, 0.2) is 5.69 Å². The minimum atomic E-state index is -4.65. The van der Waals surface area contributed by atoms with Crippen molar-refractivity contribution in [2.75, 3.05) is 5.32 Å². The lowest BCUT2D eigenvalue weighted by Crippen LogP contribution is -2.17. The molecule has 2 aromatic carbocycles. The number of carbonyl (C=O) groups excluding carboxylic acids is 1. The van der Waals surface area contributed by atoms with E-state index in [1.54, 1.807) is 24.3 Å². The molecule has 0 saturated carbocycles. The van der Waals surface area contributed by atoms with Crippen LogP contribution in [0.25, 0.3) is 10.8 Å². The molecule has 3 aromatic rings. The molecule has 0 spiro atoms. The number of anilines is 1. The van der Waals surface area contributed by atoms with Gasteiger partial charge >= 0.3 is 6.18 Å². The van der Waals surface area contributed by atoms with Crippen molar-refractivity contribution in [2.24, 2.45) is 0 Å². The molecule has 1 aromatic heterocycles. The second-order valence-electron chi connectivity index (χ2n) is 4.51. The second-order valence-corrected chi connectivity index (χ2v) is 5.36. The molecule has 3 rings (SSSR count). The van der Waals surface area contributed by atoms with Crippen LogP contribution in [-0.2, 0) is 6.18 Å². The molecule has 1 N–H and O–H groups in total. The van der Waals surface area contributed by atoms with E-state index in [-0.39, 0.29) is 0 Å². The Hall–Kier alpha value is -2.41. The number of benzene rings is 2. The Labute approximate surface area is 127 Å². The number of halogens is 3. The van der Waals surface area contributed by atoms with Gasteiger partial charge in [0.1, 0.15) is 4.88 Å². The highest BCUT2D eigenvalue weighted by atomic mass is 32.1. The highest BCUT2D eigenvalue weighted by Crippen LogP contribution is 2.33. The smallest absolute Gasteiger partial charge is 0.321 e. The van der Waals surface area contributed by atoms with Gasteiger partial charge in [-0.05, 0) is 11.5 Å². The summed E-state index contributed by atoms with van der Waals surface area (Å²) in [5, 5.41) is 4.18. The highest BCUT2D eigenvalue weighted by Gasteiger charge is 2.38. The highest BCUT2D eigenvalue weighted by molar-refractivity contribution is 7.12. The Morgan fingerprint density at radius 1 is 1.09 bits per heavy atom. The van der Waals surface area contributed by atoms with Crippen LogP contribution in [0.2, 0.25) is 0 Å². The Kier molecular flexibility index (Phi) is 3.58. The summed E-state index contributed by atoms with van der Waals surface area (Å²) in [6, 6.07) is 12.5. The van der Waals surface area contributed by atoms with Crippen LogP contribution in [-0.4, -0.2) is 10.9 Å². The number of rotatable bonds is 2. The molecule has 1 heterocycles. The molecule has 0 aliphatic carbocycles. The molecule has 0 bridgehead atoms. The van der Waals surface area contributed by atoms with E-state index in [0.29, 0.717) is 17.0 Å². The van der Waals surface area contributed by atoms with E-state index in [1.807, 2.05) is 18.2 Å². The number of hydrogen-bond acceptors (Lipinski definition) is 3. The molecule has 0 saturated heterocycles. The molecule has 1 amide bonds. The summed E-state index contributed by atoms with van der Waals surface area (Å²) in [6.45, 7) is 0. The van der Waals surface area contributed by atoms with Crippen LogP contribution in [0.1, 0.15) is 15.4 Å². The monoisotopic (exact) mass is 322 g/mol. The topological polar surface area (TPSA) is 42.0 Å². The van der Waals surface area contributed by atoms with E-state index in [0.717, 1.165) is 16.3 Å². The first kappa shape index (κ1) is 14.5. The van der Waals surface area contributed by atoms with E-state index < -0.39 is 22.7 Å². The number of thiazole rings is 1. The normalized spacial score (nSPS) is 11.6. The number of nitrogens with zero attached hydrogens (tertiary/aromatic N) is 1. The first-order valence-corrected chi connectivity index (χ1v) is 7.14. The molecule has 112 valence electrons. The maximum Gasteiger partial charge on any atom is 0.434 e. The van der Waals surface area contributed by atoms with Gasteiger partial charge in [-0.15, -0.1) is 11.3 Å².